The highest BCUT2D eigenvalue weighted by Crippen LogP contribution is 2.36. The molecule has 1 aliphatic rings. The molecule has 2 rings (SSSR count). The van der Waals surface area contributed by atoms with Crippen molar-refractivity contribution in [1.29, 1.82) is 0 Å². The van der Waals surface area contributed by atoms with Crippen molar-refractivity contribution in [2.75, 3.05) is 13.6 Å². The third-order valence-electron chi connectivity index (χ3n) is 2.91. The third-order valence-corrected chi connectivity index (χ3v) is 3.15. The number of nitrogens with one attached hydrogen (secondary N) is 1. The fourth-order valence-corrected chi connectivity index (χ4v) is 2.04. The van der Waals surface area contributed by atoms with Crippen LogP contribution in [0.3, 0.4) is 0 Å². The molecule has 1 fully saturated rings. The molecule has 1 saturated carbocycles. The van der Waals surface area contributed by atoms with Crippen molar-refractivity contribution >= 4 is 11.6 Å². The Labute approximate surface area is 102 Å². The molecule has 16 heavy (non-hydrogen) atoms. The molecule has 0 heterocycles. The lowest BCUT2D eigenvalue weighted by atomic mass is 10.1. The standard InChI is InChI=1S/C13H18ClNO/c1-15-8-7-13(10-5-6-10)16-12-4-2-3-11(14)9-12/h2-4,9-10,13,15H,5-8H2,1H3. The van der Waals surface area contributed by atoms with E-state index in [1.54, 1.807) is 0 Å². The maximum atomic E-state index is 6.00. The number of rotatable bonds is 6. The number of ether oxygens (including phenoxy) is 1. The number of benzene rings is 1. The Bertz CT molecular complexity index is 338. The number of hydrogen-bond donors (Lipinski definition) is 1. The third kappa shape index (κ3) is 3.39. The van der Waals surface area contributed by atoms with Crippen LogP contribution >= 0.6 is 11.6 Å². The van der Waals surface area contributed by atoms with E-state index in [1.165, 1.54) is 12.8 Å². The van der Waals surface area contributed by atoms with Gasteiger partial charge in [0.25, 0.3) is 0 Å². The van der Waals surface area contributed by atoms with Gasteiger partial charge in [0.1, 0.15) is 11.9 Å². The van der Waals surface area contributed by atoms with E-state index in [0.29, 0.717) is 6.10 Å². The second-order valence-electron chi connectivity index (χ2n) is 4.34. The number of hydrogen-bond acceptors (Lipinski definition) is 2. The zero-order valence-electron chi connectivity index (χ0n) is 9.58. The van der Waals surface area contributed by atoms with E-state index in [4.69, 9.17) is 16.3 Å². The molecule has 3 heteroatoms. The second kappa shape index (κ2) is 5.55. The van der Waals surface area contributed by atoms with Crippen LogP contribution in [0, 0.1) is 5.92 Å². The van der Waals surface area contributed by atoms with Crippen LogP contribution in [0.1, 0.15) is 19.3 Å². The Morgan fingerprint density at radius 1 is 1.50 bits per heavy atom. The fourth-order valence-electron chi connectivity index (χ4n) is 1.86. The minimum atomic E-state index is 0.339. The highest BCUT2D eigenvalue weighted by Gasteiger charge is 2.32. The highest BCUT2D eigenvalue weighted by molar-refractivity contribution is 6.30. The molecule has 0 spiro atoms. The summed E-state index contributed by atoms with van der Waals surface area (Å²) in [6.45, 7) is 1.00. The SMILES string of the molecule is CNCCC(Oc1cccc(Cl)c1)C1CC1. The maximum absolute atomic E-state index is 6.00. The summed E-state index contributed by atoms with van der Waals surface area (Å²) in [5, 5.41) is 3.91. The first-order valence-electron chi connectivity index (χ1n) is 5.86. The lowest BCUT2D eigenvalue weighted by Gasteiger charge is -2.18. The molecule has 0 aromatic heterocycles. The molecular formula is C13H18ClNO. The van der Waals surface area contributed by atoms with Crippen molar-refractivity contribution in [2.24, 2.45) is 5.92 Å². The summed E-state index contributed by atoms with van der Waals surface area (Å²) in [7, 11) is 1.98. The molecule has 1 aliphatic carbocycles. The molecular weight excluding hydrogens is 222 g/mol. The predicted molar refractivity (Wildman–Crippen MR) is 67.1 cm³/mol. The topological polar surface area (TPSA) is 21.3 Å². The van der Waals surface area contributed by atoms with Gasteiger partial charge in [0, 0.05) is 5.02 Å². The van der Waals surface area contributed by atoms with Crippen molar-refractivity contribution in [3.05, 3.63) is 29.3 Å². The van der Waals surface area contributed by atoms with Crippen LogP contribution < -0.4 is 10.1 Å². The maximum Gasteiger partial charge on any atom is 0.121 e. The quantitative estimate of drug-likeness (QED) is 0.824. The predicted octanol–water partition coefficient (Wildman–Crippen LogP) is 3.11. The minimum Gasteiger partial charge on any atom is -0.490 e. The monoisotopic (exact) mass is 239 g/mol. The first-order chi connectivity index (χ1) is 7.79. The molecule has 1 aromatic carbocycles. The molecule has 1 aromatic rings. The summed E-state index contributed by atoms with van der Waals surface area (Å²) in [4.78, 5) is 0. The zero-order chi connectivity index (χ0) is 11.4. The molecule has 1 unspecified atom stereocenters. The van der Waals surface area contributed by atoms with E-state index in [-0.39, 0.29) is 0 Å². The van der Waals surface area contributed by atoms with Gasteiger partial charge in [0.2, 0.25) is 0 Å². The Morgan fingerprint density at radius 2 is 2.31 bits per heavy atom. The van der Waals surface area contributed by atoms with Gasteiger partial charge in [-0.1, -0.05) is 17.7 Å². The van der Waals surface area contributed by atoms with Crippen molar-refractivity contribution in [3.8, 4) is 5.75 Å². The van der Waals surface area contributed by atoms with E-state index in [9.17, 15) is 0 Å². The van der Waals surface area contributed by atoms with Gasteiger partial charge in [-0.15, -0.1) is 0 Å². The number of halogens is 1. The largest absolute Gasteiger partial charge is 0.490 e. The first kappa shape index (κ1) is 11.7. The van der Waals surface area contributed by atoms with Crippen molar-refractivity contribution < 1.29 is 4.74 Å². The van der Waals surface area contributed by atoms with Crippen LogP contribution in [0.4, 0.5) is 0 Å². The minimum absolute atomic E-state index is 0.339. The summed E-state index contributed by atoms with van der Waals surface area (Å²) in [6.07, 6.45) is 4.00. The average molecular weight is 240 g/mol. The van der Waals surface area contributed by atoms with Gasteiger partial charge in [0.15, 0.2) is 0 Å². The Morgan fingerprint density at radius 3 is 2.94 bits per heavy atom. The summed E-state index contributed by atoms with van der Waals surface area (Å²) in [5.41, 5.74) is 0. The smallest absolute Gasteiger partial charge is 0.121 e. The van der Waals surface area contributed by atoms with Crippen LogP contribution in [-0.2, 0) is 0 Å². The normalized spacial score (nSPS) is 17.1. The molecule has 1 atom stereocenters. The summed E-state index contributed by atoms with van der Waals surface area (Å²) >= 11 is 5.94. The van der Waals surface area contributed by atoms with Gasteiger partial charge < -0.3 is 10.1 Å². The highest BCUT2D eigenvalue weighted by atomic mass is 35.5. The van der Waals surface area contributed by atoms with E-state index in [2.05, 4.69) is 5.32 Å². The van der Waals surface area contributed by atoms with Crippen LogP contribution in [0.2, 0.25) is 5.02 Å². The van der Waals surface area contributed by atoms with Gasteiger partial charge in [0.05, 0.1) is 0 Å². The van der Waals surface area contributed by atoms with Gasteiger partial charge in [-0.05, 0) is 57.0 Å². The van der Waals surface area contributed by atoms with Crippen LogP contribution in [0.5, 0.6) is 5.75 Å². The molecule has 2 nitrogen and oxygen atoms in total. The van der Waals surface area contributed by atoms with E-state index in [0.717, 1.165) is 29.7 Å². The lowest BCUT2D eigenvalue weighted by molar-refractivity contribution is 0.168. The lowest BCUT2D eigenvalue weighted by Crippen LogP contribution is -2.24. The van der Waals surface area contributed by atoms with Gasteiger partial charge in [-0.3, -0.25) is 0 Å². The Balaban J connectivity index is 1.94. The molecule has 0 bridgehead atoms. The van der Waals surface area contributed by atoms with Crippen LogP contribution in [0.15, 0.2) is 24.3 Å². The van der Waals surface area contributed by atoms with Crippen molar-refractivity contribution in [3.63, 3.8) is 0 Å². The Hall–Kier alpha value is -0.730. The summed E-state index contributed by atoms with van der Waals surface area (Å²) in [5.74, 6) is 1.63. The molecule has 0 amide bonds. The average Bonchev–Trinajstić information content (AvgIpc) is 3.08. The van der Waals surface area contributed by atoms with Gasteiger partial charge in [-0.25, -0.2) is 0 Å². The van der Waals surface area contributed by atoms with Crippen molar-refractivity contribution in [2.45, 2.75) is 25.4 Å². The Kier molecular flexibility index (Phi) is 4.08. The molecule has 0 aliphatic heterocycles. The molecule has 0 radical (unpaired) electrons. The van der Waals surface area contributed by atoms with Crippen LogP contribution in [0.25, 0.3) is 0 Å². The van der Waals surface area contributed by atoms with Gasteiger partial charge >= 0.3 is 0 Å². The summed E-state index contributed by atoms with van der Waals surface area (Å²) in [6, 6.07) is 7.66. The molecule has 0 saturated heterocycles. The van der Waals surface area contributed by atoms with E-state index < -0.39 is 0 Å². The zero-order valence-corrected chi connectivity index (χ0v) is 10.3. The van der Waals surface area contributed by atoms with Gasteiger partial charge in [-0.2, -0.15) is 0 Å². The first-order valence-corrected chi connectivity index (χ1v) is 6.24. The fraction of sp³-hybridized carbons (Fsp3) is 0.538. The summed E-state index contributed by atoms with van der Waals surface area (Å²) < 4.78 is 6.00. The van der Waals surface area contributed by atoms with Crippen LogP contribution in [-0.4, -0.2) is 19.7 Å². The van der Waals surface area contributed by atoms with E-state index in [1.807, 2.05) is 31.3 Å². The van der Waals surface area contributed by atoms with Crippen molar-refractivity contribution in [1.82, 2.24) is 5.32 Å². The molecule has 88 valence electrons. The second-order valence-corrected chi connectivity index (χ2v) is 4.78. The molecule has 1 N–H and O–H groups in total. The van der Waals surface area contributed by atoms with E-state index >= 15 is 0 Å².